The third kappa shape index (κ3) is 7.20. The van der Waals surface area contributed by atoms with Gasteiger partial charge < -0.3 is 10.6 Å². The van der Waals surface area contributed by atoms with Gasteiger partial charge in [-0.2, -0.15) is 8.42 Å². The van der Waals surface area contributed by atoms with Crippen LogP contribution in [0.4, 0.5) is 11.4 Å². The van der Waals surface area contributed by atoms with E-state index in [1.54, 1.807) is 42.5 Å². The number of amides is 2. The van der Waals surface area contributed by atoms with Gasteiger partial charge in [-0.15, -0.1) is 0 Å². The number of benzene rings is 2. The molecule has 0 aliphatic heterocycles. The molecule has 0 aromatic heterocycles. The SMILES string of the molecule is CC(=O)Nc1ccc(NC(=O)CCCCOS(=O)(=O)c2ccccc2)cc1. The second-order valence-electron chi connectivity index (χ2n) is 5.85. The van der Waals surface area contributed by atoms with E-state index in [2.05, 4.69) is 10.6 Å². The first-order chi connectivity index (χ1) is 12.9. The van der Waals surface area contributed by atoms with Gasteiger partial charge in [0.15, 0.2) is 0 Å². The Morgan fingerprint density at radius 1 is 0.889 bits per heavy atom. The van der Waals surface area contributed by atoms with Crippen LogP contribution in [0.2, 0.25) is 0 Å². The molecule has 0 radical (unpaired) electrons. The fraction of sp³-hybridized carbons (Fsp3) is 0.263. The standard InChI is InChI=1S/C19H22N2O5S/c1-15(22)20-16-10-12-17(13-11-16)21-19(23)9-5-6-14-26-27(24,25)18-7-3-2-4-8-18/h2-4,7-8,10-13H,5-6,9,14H2,1H3,(H,20,22)(H,21,23). The molecule has 27 heavy (non-hydrogen) atoms. The zero-order chi connectivity index (χ0) is 19.7. The monoisotopic (exact) mass is 390 g/mol. The van der Waals surface area contributed by atoms with E-state index in [1.165, 1.54) is 19.1 Å². The van der Waals surface area contributed by atoms with E-state index in [1.807, 2.05) is 0 Å². The van der Waals surface area contributed by atoms with Gasteiger partial charge in [-0.1, -0.05) is 18.2 Å². The van der Waals surface area contributed by atoms with Crippen molar-refractivity contribution in [3.05, 3.63) is 54.6 Å². The summed E-state index contributed by atoms with van der Waals surface area (Å²) in [7, 11) is -3.75. The van der Waals surface area contributed by atoms with Gasteiger partial charge in [-0.25, -0.2) is 0 Å². The first kappa shape index (κ1) is 20.6. The third-order valence-corrected chi connectivity index (χ3v) is 4.88. The van der Waals surface area contributed by atoms with Crippen LogP contribution in [0.25, 0.3) is 0 Å². The normalized spacial score (nSPS) is 11.0. The quantitative estimate of drug-likeness (QED) is 0.506. The highest BCUT2D eigenvalue weighted by atomic mass is 32.2. The highest BCUT2D eigenvalue weighted by molar-refractivity contribution is 7.86. The summed E-state index contributed by atoms with van der Waals surface area (Å²) in [6.45, 7) is 1.44. The predicted molar refractivity (Wildman–Crippen MR) is 103 cm³/mol. The van der Waals surface area contributed by atoms with Crippen LogP contribution < -0.4 is 10.6 Å². The number of rotatable bonds is 9. The average molecular weight is 390 g/mol. The van der Waals surface area contributed by atoms with Crippen molar-refractivity contribution < 1.29 is 22.2 Å². The topological polar surface area (TPSA) is 102 Å². The second-order valence-corrected chi connectivity index (χ2v) is 7.47. The molecule has 0 bridgehead atoms. The molecule has 0 spiro atoms. The summed E-state index contributed by atoms with van der Waals surface area (Å²) in [5, 5.41) is 5.39. The molecule has 144 valence electrons. The smallest absolute Gasteiger partial charge is 0.296 e. The fourth-order valence-corrected chi connectivity index (χ4v) is 3.24. The van der Waals surface area contributed by atoms with Gasteiger partial charge in [0.05, 0.1) is 11.5 Å². The minimum atomic E-state index is -3.75. The fourth-order valence-electron chi connectivity index (χ4n) is 2.28. The Balaban J connectivity index is 1.68. The summed E-state index contributed by atoms with van der Waals surface area (Å²) in [6, 6.07) is 14.7. The molecule has 2 aromatic carbocycles. The summed E-state index contributed by atoms with van der Waals surface area (Å²) in [4.78, 5) is 23.0. The van der Waals surface area contributed by atoms with Crippen molar-refractivity contribution in [2.24, 2.45) is 0 Å². The molecule has 0 saturated heterocycles. The van der Waals surface area contributed by atoms with Gasteiger partial charge in [-0.3, -0.25) is 13.8 Å². The zero-order valence-electron chi connectivity index (χ0n) is 15.0. The molecule has 0 saturated carbocycles. The highest BCUT2D eigenvalue weighted by Gasteiger charge is 2.14. The summed E-state index contributed by atoms with van der Waals surface area (Å²) in [6.07, 6.45) is 1.20. The highest BCUT2D eigenvalue weighted by Crippen LogP contribution is 2.15. The summed E-state index contributed by atoms with van der Waals surface area (Å²) < 4.78 is 28.8. The number of anilines is 2. The number of hydrogen-bond donors (Lipinski definition) is 2. The van der Waals surface area contributed by atoms with Crippen LogP contribution in [-0.2, 0) is 23.9 Å². The molecular formula is C19H22N2O5S. The molecule has 2 N–H and O–H groups in total. The second kappa shape index (κ2) is 9.84. The van der Waals surface area contributed by atoms with Crippen molar-refractivity contribution in [2.75, 3.05) is 17.2 Å². The minimum Gasteiger partial charge on any atom is -0.326 e. The molecule has 2 rings (SSSR count). The Hall–Kier alpha value is -2.71. The van der Waals surface area contributed by atoms with Gasteiger partial charge in [0, 0.05) is 24.7 Å². The van der Waals surface area contributed by atoms with Crippen molar-refractivity contribution >= 4 is 33.3 Å². The molecule has 2 amide bonds. The molecule has 0 unspecified atom stereocenters. The average Bonchev–Trinajstić information content (AvgIpc) is 2.63. The van der Waals surface area contributed by atoms with Crippen molar-refractivity contribution in [3.63, 3.8) is 0 Å². The molecule has 0 fully saturated rings. The Morgan fingerprint density at radius 3 is 2.07 bits per heavy atom. The van der Waals surface area contributed by atoms with Gasteiger partial charge in [0.2, 0.25) is 11.8 Å². The van der Waals surface area contributed by atoms with Crippen LogP contribution in [0.1, 0.15) is 26.2 Å². The third-order valence-electron chi connectivity index (χ3n) is 3.56. The Kier molecular flexibility index (Phi) is 7.51. The lowest BCUT2D eigenvalue weighted by molar-refractivity contribution is -0.116. The van der Waals surface area contributed by atoms with E-state index in [4.69, 9.17) is 4.18 Å². The summed E-state index contributed by atoms with van der Waals surface area (Å²) in [5.41, 5.74) is 1.27. The maximum absolute atomic E-state index is 11.9. The maximum atomic E-state index is 11.9. The molecule has 0 aliphatic carbocycles. The number of carbonyl (C=O) groups is 2. The van der Waals surface area contributed by atoms with E-state index in [9.17, 15) is 18.0 Å². The lowest BCUT2D eigenvalue weighted by Gasteiger charge is -2.07. The number of hydrogen-bond acceptors (Lipinski definition) is 5. The minimum absolute atomic E-state index is 0.0237. The lowest BCUT2D eigenvalue weighted by atomic mass is 10.2. The molecule has 2 aromatic rings. The van der Waals surface area contributed by atoms with Gasteiger partial charge in [0.25, 0.3) is 10.1 Å². The Bertz CT molecular complexity index is 865. The molecule has 0 heterocycles. The van der Waals surface area contributed by atoms with Crippen LogP contribution in [0, 0.1) is 0 Å². The van der Waals surface area contributed by atoms with E-state index in [0.717, 1.165) is 0 Å². The van der Waals surface area contributed by atoms with Gasteiger partial charge >= 0.3 is 0 Å². The van der Waals surface area contributed by atoms with Crippen molar-refractivity contribution in [1.82, 2.24) is 0 Å². The van der Waals surface area contributed by atoms with Gasteiger partial charge in [-0.05, 0) is 49.2 Å². The first-order valence-corrected chi connectivity index (χ1v) is 9.89. The summed E-state index contributed by atoms with van der Waals surface area (Å²) >= 11 is 0. The van der Waals surface area contributed by atoms with E-state index in [-0.39, 0.29) is 29.7 Å². The molecular weight excluding hydrogens is 368 g/mol. The van der Waals surface area contributed by atoms with Crippen LogP contribution in [0.5, 0.6) is 0 Å². The van der Waals surface area contributed by atoms with Crippen molar-refractivity contribution in [3.8, 4) is 0 Å². The largest absolute Gasteiger partial charge is 0.326 e. The number of unbranched alkanes of at least 4 members (excludes halogenated alkanes) is 1. The van der Waals surface area contributed by atoms with E-state index in [0.29, 0.717) is 24.2 Å². The Morgan fingerprint density at radius 2 is 1.48 bits per heavy atom. The van der Waals surface area contributed by atoms with E-state index >= 15 is 0 Å². The Labute approximate surface area is 158 Å². The van der Waals surface area contributed by atoms with Crippen LogP contribution >= 0.6 is 0 Å². The molecule has 7 nitrogen and oxygen atoms in total. The van der Waals surface area contributed by atoms with Crippen molar-refractivity contribution in [2.45, 2.75) is 31.1 Å². The summed E-state index contributed by atoms with van der Waals surface area (Å²) in [5.74, 6) is -0.337. The van der Waals surface area contributed by atoms with Crippen LogP contribution in [0.15, 0.2) is 59.5 Å². The number of nitrogens with one attached hydrogen (secondary N) is 2. The molecule has 0 atom stereocenters. The zero-order valence-corrected chi connectivity index (χ0v) is 15.8. The maximum Gasteiger partial charge on any atom is 0.296 e. The van der Waals surface area contributed by atoms with E-state index < -0.39 is 10.1 Å². The van der Waals surface area contributed by atoms with Gasteiger partial charge in [0.1, 0.15) is 0 Å². The predicted octanol–water partition coefficient (Wildman–Crippen LogP) is 3.16. The molecule has 8 heteroatoms. The van der Waals surface area contributed by atoms with Crippen molar-refractivity contribution in [1.29, 1.82) is 0 Å². The first-order valence-electron chi connectivity index (χ1n) is 8.49. The van der Waals surface area contributed by atoms with Crippen LogP contribution in [0.3, 0.4) is 0 Å². The lowest BCUT2D eigenvalue weighted by Crippen LogP contribution is -2.12. The number of carbonyl (C=O) groups excluding carboxylic acids is 2. The molecule has 0 aliphatic rings. The van der Waals surface area contributed by atoms with Crippen LogP contribution in [-0.4, -0.2) is 26.8 Å².